The number of para-hydroxylation sites is 1. The molecule has 0 aliphatic carbocycles. The summed E-state index contributed by atoms with van der Waals surface area (Å²) in [7, 11) is -2.29. The van der Waals surface area contributed by atoms with Gasteiger partial charge in [-0.3, -0.25) is 4.79 Å². The zero-order chi connectivity index (χ0) is 17.8. The van der Waals surface area contributed by atoms with E-state index < -0.39 is 21.3 Å². The van der Waals surface area contributed by atoms with Crippen LogP contribution in [0.2, 0.25) is 0 Å². The molecule has 1 fully saturated rings. The lowest BCUT2D eigenvalue weighted by Gasteiger charge is -2.23. The Kier molecular flexibility index (Phi) is 3.49. The van der Waals surface area contributed by atoms with Crippen LogP contribution in [0, 0.1) is 5.82 Å². The van der Waals surface area contributed by atoms with Gasteiger partial charge < -0.3 is 4.90 Å². The van der Waals surface area contributed by atoms with Crippen LogP contribution in [0.5, 0.6) is 0 Å². The highest BCUT2D eigenvalue weighted by atomic mass is 32.2. The van der Waals surface area contributed by atoms with E-state index in [0.717, 1.165) is 17.3 Å². The Hall–Kier alpha value is -2.25. The lowest BCUT2D eigenvalue weighted by molar-refractivity contribution is -0.122. The zero-order valence-corrected chi connectivity index (χ0v) is 14.5. The van der Waals surface area contributed by atoms with Crippen molar-refractivity contribution in [2.45, 2.75) is 16.7 Å². The highest BCUT2D eigenvalue weighted by Gasteiger charge is 2.55. The van der Waals surface area contributed by atoms with Crippen molar-refractivity contribution < 1.29 is 17.6 Å². The second kappa shape index (κ2) is 5.37. The molecule has 0 unspecified atom stereocenters. The molecule has 0 aromatic heterocycles. The third-order valence-corrected chi connectivity index (χ3v) is 7.06. The monoisotopic (exact) mass is 360 g/mol. The van der Waals surface area contributed by atoms with Gasteiger partial charge in [-0.15, -0.1) is 0 Å². The van der Waals surface area contributed by atoms with Crippen molar-refractivity contribution in [2.75, 3.05) is 25.0 Å². The molecule has 0 N–H and O–H groups in total. The average Bonchev–Trinajstić information content (AvgIpc) is 3.15. The summed E-state index contributed by atoms with van der Waals surface area (Å²) in [6.07, 6.45) is 0.390. The summed E-state index contributed by atoms with van der Waals surface area (Å²) in [4.78, 5) is 14.1. The third-order valence-electron chi connectivity index (χ3n) is 5.18. The molecule has 1 amide bonds. The molecule has 1 atom stereocenters. The van der Waals surface area contributed by atoms with E-state index in [1.54, 1.807) is 11.9 Å². The number of rotatable bonds is 2. The largest absolute Gasteiger partial charge is 0.314 e. The predicted octanol–water partition coefficient (Wildman–Crippen LogP) is 2.13. The summed E-state index contributed by atoms with van der Waals surface area (Å²) in [6, 6.07) is 12.8. The van der Waals surface area contributed by atoms with Gasteiger partial charge in [0.25, 0.3) is 0 Å². The first-order chi connectivity index (χ1) is 11.9. The van der Waals surface area contributed by atoms with Gasteiger partial charge in [0.15, 0.2) is 0 Å². The Labute approximate surface area is 145 Å². The summed E-state index contributed by atoms with van der Waals surface area (Å²) in [5.74, 6) is -0.890. The van der Waals surface area contributed by atoms with Crippen molar-refractivity contribution in [1.29, 1.82) is 0 Å². The number of carbonyl (C=O) groups excluding carboxylic acids is 1. The van der Waals surface area contributed by atoms with Crippen LogP contribution < -0.4 is 4.90 Å². The van der Waals surface area contributed by atoms with E-state index in [9.17, 15) is 17.6 Å². The van der Waals surface area contributed by atoms with Crippen LogP contribution >= 0.6 is 0 Å². The second-order valence-electron chi connectivity index (χ2n) is 6.48. The molecule has 0 radical (unpaired) electrons. The molecule has 5 nitrogen and oxygen atoms in total. The summed E-state index contributed by atoms with van der Waals surface area (Å²) in [5, 5.41) is 0. The van der Waals surface area contributed by atoms with Crippen LogP contribution in [0.1, 0.15) is 12.0 Å². The SMILES string of the molecule is CN1C(=O)[C@@]2(CCN(S(=O)(=O)c3ccccc3F)C2)c2ccccc21. The fraction of sp³-hybridized carbons (Fsp3) is 0.278. The maximum absolute atomic E-state index is 14.0. The first kappa shape index (κ1) is 16.2. The molecule has 2 aliphatic heterocycles. The van der Waals surface area contributed by atoms with E-state index in [2.05, 4.69) is 0 Å². The number of fused-ring (bicyclic) bond motifs is 2. The van der Waals surface area contributed by atoms with Crippen molar-refractivity contribution in [3.63, 3.8) is 0 Å². The highest BCUT2D eigenvalue weighted by Crippen LogP contribution is 2.47. The molecule has 0 saturated carbocycles. The molecule has 1 saturated heterocycles. The van der Waals surface area contributed by atoms with E-state index in [1.807, 2.05) is 24.3 Å². The summed E-state index contributed by atoms with van der Waals surface area (Å²) < 4.78 is 40.9. The number of nitrogens with zero attached hydrogens (tertiary/aromatic N) is 2. The van der Waals surface area contributed by atoms with Gasteiger partial charge in [0, 0.05) is 25.8 Å². The Morgan fingerprint density at radius 3 is 2.52 bits per heavy atom. The van der Waals surface area contributed by atoms with Crippen molar-refractivity contribution in [3.8, 4) is 0 Å². The molecular weight excluding hydrogens is 343 g/mol. The van der Waals surface area contributed by atoms with Crippen molar-refractivity contribution in [3.05, 3.63) is 59.9 Å². The molecule has 2 aliphatic rings. The quantitative estimate of drug-likeness (QED) is 0.824. The molecule has 2 heterocycles. The van der Waals surface area contributed by atoms with Gasteiger partial charge in [-0.05, 0) is 30.2 Å². The van der Waals surface area contributed by atoms with Crippen LogP contribution in [0.3, 0.4) is 0 Å². The van der Waals surface area contributed by atoms with Crippen LogP contribution in [0.4, 0.5) is 10.1 Å². The Morgan fingerprint density at radius 1 is 1.08 bits per heavy atom. The smallest absolute Gasteiger partial charge is 0.246 e. The first-order valence-corrected chi connectivity index (χ1v) is 9.44. The van der Waals surface area contributed by atoms with Gasteiger partial charge in [0.1, 0.15) is 10.7 Å². The molecule has 0 bridgehead atoms. The topological polar surface area (TPSA) is 57.7 Å². The maximum Gasteiger partial charge on any atom is 0.246 e. The highest BCUT2D eigenvalue weighted by molar-refractivity contribution is 7.89. The Bertz CT molecular complexity index is 976. The molecule has 25 heavy (non-hydrogen) atoms. The predicted molar refractivity (Wildman–Crippen MR) is 91.3 cm³/mol. The van der Waals surface area contributed by atoms with Crippen LogP contribution in [0.25, 0.3) is 0 Å². The van der Waals surface area contributed by atoms with Gasteiger partial charge in [0.2, 0.25) is 15.9 Å². The maximum atomic E-state index is 14.0. The molecule has 7 heteroatoms. The van der Waals surface area contributed by atoms with Gasteiger partial charge in [-0.2, -0.15) is 4.31 Å². The average molecular weight is 360 g/mol. The van der Waals surface area contributed by atoms with Crippen molar-refractivity contribution in [2.24, 2.45) is 0 Å². The minimum atomic E-state index is -3.99. The molecule has 1 spiro atoms. The summed E-state index contributed by atoms with van der Waals surface area (Å²) in [6.45, 7) is 0.217. The number of carbonyl (C=O) groups is 1. The molecule has 4 rings (SSSR count). The van der Waals surface area contributed by atoms with Crippen LogP contribution in [-0.2, 0) is 20.2 Å². The number of halogens is 1. The van der Waals surface area contributed by atoms with E-state index in [-0.39, 0.29) is 23.9 Å². The van der Waals surface area contributed by atoms with Crippen LogP contribution in [-0.4, -0.2) is 38.8 Å². The fourth-order valence-electron chi connectivity index (χ4n) is 3.88. The Morgan fingerprint density at radius 2 is 1.76 bits per heavy atom. The minimum absolute atomic E-state index is 0.0316. The number of anilines is 1. The third kappa shape index (κ3) is 2.15. The first-order valence-electron chi connectivity index (χ1n) is 8.00. The standard InChI is InChI=1S/C18H17FN2O3S/c1-20-15-8-4-2-6-13(15)18(17(20)22)10-11-21(12-18)25(23,24)16-9-5-3-7-14(16)19/h2-9H,10-12H2,1H3/t18-/m1/s1. The van der Waals surface area contributed by atoms with Gasteiger partial charge >= 0.3 is 0 Å². The van der Waals surface area contributed by atoms with E-state index in [1.165, 1.54) is 22.5 Å². The van der Waals surface area contributed by atoms with Crippen molar-refractivity contribution in [1.82, 2.24) is 4.31 Å². The number of amides is 1. The fourth-order valence-corrected chi connectivity index (χ4v) is 5.45. The van der Waals surface area contributed by atoms with E-state index in [0.29, 0.717) is 6.42 Å². The number of benzene rings is 2. The molecule has 2 aromatic rings. The summed E-state index contributed by atoms with van der Waals surface area (Å²) >= 11 is 0. The second-order valence-corrected chi connectivity index (χ2v) is 8.39. The number of hydrogen-bond donors (Lipinski definition) is 0. The summed E-state index contributed by atoms with van der Waals surface area (Å²) in [5.41, 5.74) is 0.760. The number of sulfonamides is 1. The van der Waals surface area contributed by atoms with E-state index >= 15 is 0 Å². The Balaban J connectivity index is 1.75. The van der Waals surface area contributed by atoms with Gasteiger partial charge in [-0.25, -0.2) is 12.8 Å². The van der Waals surface area contributed by atoms with E-state index in [4.69, 9.17) is 0 Å². The van der Waals surface area contributed by atoms with Gasteiger partial charge in [-0.1, -0.05) is 30.3 Å². The number of likely N-dealkylation sites (N-methyl/N-ethyl adjacent to an activating group) is 1. The molecule has 130 valence electrons. The lowest BCUT2D eigenvalue weighted by Crippen LogP contribution is -2.42. The molecule has 2 aromatic carbocycles. The minimum Gasteiger partial charge on any atom is -0.314 e. The normalized spacial score (nSPS) is 23.4. The van der Waals surface area contributed by atoms with Crippen LogP contribution in [0.15, 0.2) is 53.4 Å². The number of hydrogen-bond acceptors (Lipinski definition) is 3. The molecular formula is C18H17FN2O3S. The zero-order valence-electron chi connectivity index (χ0n) is 13.6. The van der Waals surface area contributed by atoms with Crippen molar-refractivity contribution >= 4 is 21.6 Å². The van der Waals surface area contributed by atoms with Gasteiger partial charge in [0.05, 0.1) is 5.41 Å². The lowest BCUT2D eigenvalue weighted by atomic mass is 9.81.